The van der Waals surface area contributed by atoms with Crippen molar-refractivity contribution < 1.29 is 17.7 Å². The fourth-order valence-electron chi connectivity index (χ4n) is 2.98. The quantitative estimate of drug-likeness (QED) is 0.441. The summed E-state index contributed by atoms with van der Waals surface area (Å²) in [5.74, 6) is 0.619. The molecule has 2 aromatic carbocycles. The van der Waals surface area contributed by atoms with E-state index in [2.05, 4.69) is 15.5 Å². The third kappa shape index (κ3) is 4.62. The molecule has 0 saturated heterocycles. The summed E-state index contributed by atoms with van der Waals surface area (Å²) < 4.78 is 30.9. The van der Waals surface area contributed by atoms with Crippen LogP contribution >= 0.6 is 11.3 Å². The van der Waals surface area contributed by atoms with Crippen molar-refractivity contribution in [3.8, 4) is 10.7 Å². The Hall–Kier alpha value is -3.34. The fourth-order valence-corrected chi connectivity index (χ4v) is 4.53. The third-order valence-corrected chi connectivity index (χ3v) is 7.41. The number of rotatable bonds is 7. The first-order chi connectivity index (χ1) is 15.3. The van der Waals surface area contributed by atoms with Crippen molar-refractivity contribution in [1.82, 2.24) is 14.4 Å². The van der Waals surface area contributed by atoms with Gasteiger partial charge in [-0.05, 0) is 47.3 Å². The molecule has 8 nitrogen and oxygen atoms in total. The lowest BCUT2D eigenvalue weighted by Gasteiger charge is -2.12. The summed E-state index contributed by atoms with van der Waals surface area (Å²) in [5.41, 5.74) is 1.77. The van der Waals surface area contributed by atoms with Crippen molar-refractivity contribution >= 4 is 33.0 Å². The Balaban J connectivity index is 1.50. The maximum Gasteiger partial charge on any atom is 0.255 e. The largest absolute Gasteiger partial charge is 0.339 e. The van der Waals surface area contributed by atoms with Crippen LogP contribution in [0.3, 0.4) is 0 Å². The Morgan fingerprint density at radius 2 is 1.81 bits per heavy atom. The van der Waals surface area contributed by atoms with Gasteiger partial charge in [0, 0.05) is 25.3 Å². The molecule has 10 heteroatoms. The number of anilines is 1. The van der Waals surface area contributed by atoms with Gasteiger partial charge in [0.1, 0.15) is 0 Å². The molecule has 0 bridgehead atoms. The molecule has 2 heterocycles. The molecule has 32 heavy (non-hydrogen) atoms. The number of hydrogen-bond donors (Lipinski definition) is 1. The van der Waals surface area contributed by atoms with Gasteiger partial charge in [-0.15, -0.1) is 11.3 Å². The first kappa shape index (κ1) is 21.9. The number of benzene rings is 2. The molecule has 164 valence electrons. The highest BCUT2D eigenvalue weighted by atomic mass is 32.2. The van der Waals surface area contributed by atoms with Crippen molar-refractivity contribution in [3.63, 3.8) is 0 Å². The molecule has 0 radical (unpaired) electrons. The number of aromatic nitrogens is 2. The van der Waals surface area contributed by atoms with Gasteiger partial charge >= 0.3 is 0 Å². The number of carbonyl (C=O) groups is 1. The van der Waals surface area contributed by atoms with Crippen LogP contribution in [0.1, 0.15) is 21.8 Å². The van der Waals surface area contributed by atoms with Gasteiger partial charge in [-0.1, -0.05) is 29.4 Å². The van der Waals surface area contributed by atoms with Crippen molar-refractivity contribution in [2.45, 2.75) is 11.3 Å². The average Bonchev–Trinajstić information content (AvgIpc) is 3.47. The number of para-hydroxylation sites is 1. The summed E-state index contributed by atoms with van der Waals surface area (Å²) in [6.45, 7) is 0. The van der Waals surface area contributed by atoms with E-state index in [-0.39, 0.29) is 10.8 Å². The number of carbonyl (C=O) groups excluding carboxylic acids is 1. The van der Waals surface area contributed by atoms with Gasteiger partial charge in [0.05, 0.1) is 16.2 Å². The third-order valence-electron chi connectivity index (χ3n) is 4.71. The van der Waals surface area contributed by atoms with Crippen LogP contribution in [0.25, 0.3) is 10.7 Å². The molecule has 0 spiro atoms. The van der Waals surface area contributed by atoms with E-state index >= 15 is 0 Å². The zero-order valence-electron chi connectivity index (χ0n) is 17.3. The Morgan fingerprint density at radius 3 is 2.50 bits per heavy atom. The number of sulfonamides is 1. The van der Waals surface area contributed by atoms with Crippen LogP contribution in [-0.2, 0) is 16.4 Å². The molecule has 1 amide bonds. The molecule has 0 aliphatic rings. The van der Waals surface area contributed by atoms with Crippen LogP contribution < -0.4 is 5.32 Å². The van der Waals surface area contributed by atoms with E-state index in [1.54, 1.807) is 6.07 Å². The second-order valence-corrected chi connectivity index (χ2v) is 10.2. The Labute approximate surface area is 189 Å². The second kappa shape index (κ2) is 9.03. The minimum Gasteiger partial charge on any atom is -0.339 e. The highest BCUT2D eigenvalue weighted by molar-refractivity contribution is 7.89. The van der Waals surface area contributed by atoms with Crippen molar-refractivity contribution in [2.24, 2.45) is 0 Å². The smallest absolute Gasteiger partial charge is 0.255 e. The van der Waals surface area contributed by atoms with E-state index in [4.69, 9.17) is 4.52 Å². The molecule has 0 unspecified atom stereocenters. The van der Waals surface area contributed by atoms with E-state index in [0.29, 0.717) is 29.4 Å². The summed E-state index contributed by atoms with van der Waals surface area (Å²) in [6.07, 6.45) is 0.356. The van der Waals surface area contributed by atoms with Gasteiger partial charge in [-0.2, -0.15) is 4.98 Å². The van der Waals surface area contributed by atoms with Crippen molar-refractivity contribution in [2.75, 3.05) is 19.4 Å². The number of nitrogens with one attached hydrogen (secondary N) is 1. The van der Waals surface area contributed by atoms with Gasteiger partial charge in [0.15, 0.2) is 0 Å². The van der Waals surface area contributed by atoms with Crippen molar-refractivity contribution in [3.05, 3.63) is 83.1 Å². The van der Waals surface area contributed by atoms with E-state index in [1.807, 2.05) is 35.7 Å². The fraction of sp³-hybridized carbons (Fsp3) is 0.136. The van der Waals surface area contributed by atoms with Crippen LogP contribution in [-0.4, -0.2) is 42.9 Å². The highest BCUT2D eigenvalue weighted by Gasteiger charge is 2.18. The minimum atomic E-state index is -3.55. The zero-order chi connectivity index (χ0) is 22.7. The van der Waals surface area contributed by atoms with E-state index in [1.165, 1.54) is 49.7 Å². The zero-order valence-corrected chi connectivity index (χ0v) is 19.0. The molecule has 0 aliphatic heterocycles. The van der Waals surface area contributed by atoms with Gasteiger partial charge in [0.25, 0.3) is 5.91 Å². The van der Waals surface area contributed by atoms with E-state index in [9.17, 15) is 13.2 Å². The van der Waals surface area contributed by atoms with Gasteiger partial charge in [-0.3, -0.25) is 4.79 Å². The molecule has 0 atom stereocenters. The molecular formula is C22H20N4O4S2. The van der Waals surface area contributed by atoms with Crippen LogP contribution in [0.15, 0.2) is 75.5 Å². The highest BCUT2D eigenvalue weighted by Crippen LogP contribution is 2.24. The molecule has 2 aromatic heterocycles. The first-order valence-electron chi connectivity index (χ1n) is 9.63. The van der Waals surface area contributed by atoms with Crippen LogP contribution in [0, 0.1) is 0 Å². The summed E-state index contributed by atoms with van der Waals surface area (Å²) in [7, 11) is -0.639. The topological polar surface area (TPSA) is 105 Å². The summed E-state index contributed by atoms with van der Waals surface area (Å²) in [6, 6.07) is 17.0. The number of thiophene rings is 1. The standard InChI is InChI=1S/C22H20N4O4S2/c1-26(2)32(28,29)17-11-9-15(10-12-17)22(27)23-18-7-4-3-6-16(18)14-20-24-21(25-30-20)19-8-5-13-31-19/h3-13H,14H2,1-2H3,(H,23,27). The van der Waals surface area contributed by atoms with Gasteiger partial charge in [0.2, 0.25) is 21.7 Å². The predicted molar refractivity (Wildman–Crippen MR) is 122 cm³/mol. The molecule has 0 saturated carbocycles. The summed E-state index contributed by atoms with van der Waals surface area (Å²) >= 11 is 1.53. The lowest BCUT2D eigenvalue weighted by atomic mass is 10.1. The summed E-state index contributed by atoms with van der Waals surface area (Å²) in [4.78, 5) is 18.2. The lowest BCUT2D eigenvalue weighted by Crippen LogP contribution is -2.22. The minimum absolute atomic E-state index is 0.123. The van der Waals surface area contributed by atoms with Gasteiger partial charge in [-0.25, -0.2) is 12.7 Å². The number of nitrogens with zero attached hydrogens (tertiary/aromatic N) is 3. The number of hydrogen-bond acceptors (Lipinski definition) is 7. The van der Waals surface area contributed by atoms with Crippen molar-refractivity contribution in [1.29, 1.82) is 0 Å². The molecular weight excluding hydrogens is 448 g/mol. The van der Waals surface area contributed by atoms with Crippen LogP contribution in [0.5, 0.6) is 0 Å². The Morgan fingerprint density at radius 1 is 1.06 bits per heavy atom. The predicted octanol–water partition coefficient (Wildman–Crippen LogP) is 3.89. The first-order valence-corrected chi connectivity index (χ1v) is 11.9. The van der Waals surface area contributed by atoms with E-state index < -0.39 is 10.0 Å². The van der Waals surface area contributed by atoms with Crippen LogP contribution in [0.2, 0.25) is 0 Å². The SMILES string of the molecule is CN(C)S(=O)(=O)c1ccc(C(=O)Nc2ccccc2Cc2nc(-c3cccs3)no2)cc1. The number of amides is 1. The molecule has 1 N–H and O–H groups in total. The maximum atomic E-state index is 12.8. The second-order valence-electron chi connectivity index (χ2n) is 7.09. The molecule has 0 fully saturated rings. The lowest BCUT2D eigenvalue weighted by molar-refractivity contribution is 0.102. The average molecular weight is 469 g/mol. The van der Waals surface area contributed by atoms with Gasteiger partial charge < -0.3 is 9.84 Å². The molecule has 4 aromatic rings. The molecule has 0 aliphatic carbocycles. The Kier molecular flexibility index (Phi) is 6.17. The normalized spacial score (nSPS) is 11.6. The monoisotopic (exact) mass is 468 g/mol. The Bertz CT molecular complexity index is 1330. The molecule has 4 rings (SSSR count). The summed E-state index contributed by atoms with van der Waals surface area (Å²) in [5, 5.41) is 8.84. The van der Waals surface area contributed by atoms with E-state index in [0.717, 1.165) is 14.7 Å². The maximum absolute atomic E-state index is 12.8. The van der Waals surface area contributed by atoms with Crippen LogP contribution in [0.4, 0.5) is 5.69 Å².